The molecule has 0 atom stereocenters. The molecule has 1 amide bonds. The van der Waals surface area contributed by atoms with E-state index in [2.05, 4.69) is 10.3 Å². The van der Waals surface area contributed by atoms with Gasteiger partial charge >= 0.3 is 0 Å². The van der Waals surface area contributed by atoms with E-state index in [1.54, 1.807) is 31.5 Å². The van der Waals surface area contributed by atoms with Crippen molar-refractivity contribution >= 4 is 17.2 Å². The first kappa shape index (κ1) is 16.5. The molecule has 0 bridgehead atoms. The highest BCUT2D eigenvalue weighted by Crippen LogP contribution is 2.14. The molecule has 0 fully saturated rings. The minimum atomic E-state index is -0.454. The van der Waals surface area contributed by atoms with Crippen LogP contribution in [0.3, 0.4) is 0 Å². The first-order valence-corrected chi connectivity index (χ1v) is 7.26. The lowest BCUT2D eigenvalue weighted by molar-refractivity contribution is -0.114. The second-order valence-corrected chi connectivity index (χ2v) is 5.12. The van der Waals surface area contributed by atoms with Crippen molar-refractivity contribution in [2.75, 3.05) is 6.54 Å². The van der Waals surface area contributed by atoms with Gasteiger partial charge in [-0.15, -0.1) is 0 Å². The van der Waals surface area contributed by atoms with Crippen LogP contribution >= 0.6 is 0 Å². The van der Waals surface area contributed by atoms with Crippen LogP contribution in [0.1, 0.15) is 18.1 Å². The summed E-state index contributed by atoms with van der Waals surface area (Å²) >= 11 is 0. The number of carbonyl (C=O) groups is 1. The molecule has 0 radical (unpaired) electrons. The van der Waals surface area contributed by atoms with Gasteiger partial charge in [0.1, 0.15) is 11.5 Å². The normalized spacial score (nSPS) is 11.1. The molecule has 2 aromatic rings. The molecule has 23 heavy (non-hydrogen) atoms. The van der Waals surface area contributed by atoms with E-state index in [0.29, 0.717) is 24.1 Å². The zero-order valence-electron chi connectivity index (χ0n) is 12.8. The van der Waals surface area contributed by atoms with Crippen molar-refractivity contribution in [2.24, 2.45) is 0 Å². The number of hydrogen-bond acceptors (Lipinski definition) is 3. The van der Waals surface area contributed by atoms with E-state index in [1.807, 2.05) is 12.1 Å². The molecule has 1 aromatic heterocycles. The van der Waals surface area contributed by atoms with E-state index in [-0.39, 0.29) is 11.5 Å². The summed E-state index contributed by atoms with van der Waals surface area (Å²) in [7, 11) is 0. The highest BCUT2D eigenvalue weighted by molar-refractivity contribution is 6.43. The Bertz CT molecular complexity index is 726. The van der Waals surface area contributed by atoms with Crippen LogP contribution in [0.5, 0.6) is 0 Å². The van der Waals surface area contributed by atoms with Gasteiger partial charge < -0.3 is 5.32 Å². The van der Waals surface area contributed by atoms with Crippen LogP contribution in [0.15, 0.2) is 54.9 Å². The Morgan fingerprint density at radius 2 is 2.17 bits per heavy atom. The lowest BCUT2D eigenvalue weighted by Crippen LogP contribution is -2.31. The molecule has 5 heteroatoms. The number of pyridine rings is 1. The number of halogens is 1. The van der Waals surface area contributed by atoms with E-state index in [9.17, 15) is 9.18 Å². The van der Waals surface area contributed by atoms with Gasteiger partial charge in [-0.1, -0.05) is 18.2 Å². The summed E-state index contributed by atoms with van der Waals surface area (Å²) in [5, 5.41) is 10.5. The highest BCUT2D eigenvalue weighted by atomic mass is 19.1. The van der Waals surface area contributed by atoms with Crippen molar-refractivity contribution in [2.45, 2.75) is 13.3 Å². The summed E-state index contributed by atoms with van der Waals surface area (Å²) in [6.07, 6.45) is 5.52. The van der Waals surface area contributed by atoms with Crippen LogP contribution in [-0.4, -0.2) is 23.1 Å². The second-order valence-electron chi connectivity index (χ2n) is 5.12. The smallest absolute Gasteiger partial charge is 0.269 e. The lowest BCUT2D eigenvalue weighted by atomic mass is 10.1. The van der Waals surface area contributed by atoms with Gasteiger partial charge in [-0.05, 0) is 54.3 Å². The summed E-state index contributed by atoms with van der Waals surface area (Å²) in [4.78, 5) is 15.9. The first-order chi connectivity index (χ1) is 11.1. The Balaban J connectivity index is 1.89. The largest absolute Gasteiger partial charge is 0.350 e. The maximum absolute atomic E-state index is 13.2. The number of amides is 1. The van der Waals surface area contributed by atoms with Gasteiger partial charge in [0.2, 0.25) is 0 Å². The second kappa shape index (κ2) is 7.98. The van der Waals surface area contributed by atoms with Crippen molar-refractivity contribution in [1.29, 1.82) is 5.41 Å². The number of benzene rings is 1. The van der Waals surface area contributed by atoms with Crippen LogP contribution in [-0.2, 0) is 11.2 Å². The number of rotatable bonds is 6. The number of nitrogens with one attached hydrogen (secondary N) is 2. The molecule has 0 aliphatic carbocycles. The molecule has 0 spiro atoms. The van der Waals surface area contributed by atoms with Gasteiger partial charge in [0.05, 0.1) is 0 Å². The third kappa shape index (κ3) is 5.14. The first-order valence-electron chi connectivity index (χ1n) is 7.26. The Labute approximate surface area is 134 Å². The van der Waals surface area contributed by atoms with Crippen molar-refractivity contribution < 1.29 is 9.18 Å². The van der Waals surface area contributed by atoms with Gasteiger partial charge in [-0.25, -0.2) is 4.39 Å². The highest BCUT2D eigenvalue weighted by Gasteiger charge is 2.07. The molecule has 1 aromatic carbocycles. The van der Waals surface area contributed by atoms with Crippen LogP contribution in [0.4, 0.5) is 4.39 Å². The predicted octanol–water partition coefficient (Wildman–Crippen LogP) is 3.00. The van der Waals surface area contributed by atoms with Gasteiger partial charge in [0, 0.05) is 18.9 Å². The average molecular weight is 311 g/mol. The molecule has 2 N–H and O–H groups in total. The molecule has 0 saturated carbocycles. The third-order valence-electron chi connectivity index (χ3n) is 3.31. The molecule has 0 aliphatic rings. The Hall–Kier alpha value is -2.82. The molecular weight excluding hydrogens is 293 g/mol. The lowest BCUT2D eigenvalue weighted by Gasteiger charge is -2.06. The van der Waals surface area contributed by atoms with E-state index >= 15 is 0 Å². The summed E-state index contributed by atoms with van der Waals surface area (Å²) in [5.74, 6) is -0.799. The Morgan fingerprint density at radius 3 is 2.87 bits per heavy atom. The van der Waals surface area contributed by atoms with Crippen molar-refractivity contribution in [3.05, 3.63) is 71.8 Å². The standard InChI is InChI=1S/C18H18FN3O/c1-13(15-5-2-6-16(19)11-15)10-17(20)18(23)22-9-7-14-4-3-8-21-12-14/h2-6,8,10-12,20H,7,9H2,1H3,(H,22,23)/b13-10+,20-17?. The molecule has 2 rings (SSSR count). The maximum atomic E-state index is 13.2. The van der Waals surface area contributed by atoms with Gasteiger partial charge in [-0.2, -0.15) is 0 Å². The van der Waals surface area contributed by atoms with Crippen LogP contribution in [0.2, 0.25) is 0 Å². The monoisotopic (exact) mass is 311 g/mol. The average Bonchev–Trinajstić information content (AvgIpc) is 2.55. The predicted molar refractivity (Wildman–Crippen MR) is 88.7 cm³/mol. The Kier molecular flexibility index (Phi) is 5.74. The quantitative estimate of drug-likeness (QED) is 0.805. The fraction of sp³-hybridized carbons (Fsp3) is 0.167. The summed E-state index contributed by atoms with van der Waals surface area (Å²) < 4.78 is 13.2. The van der Waals surface area contributed by atoms with Crippen LogP contribution < -0.4 is 5.32 Å². The maximum Gasteiger partial charge on any atom is 0.269 e. The van der Waals surface area contributed by atoms with Gasteiger partial charge in [0.25, 0.3) is 5.91 Å². The van der Waals surface area contributed by atoms with Gasteiger partial charge in [-0.3, -0.25) is 15.2 Å². The molecular formula is C18H18FN3O. The van der Waals surface area contributed by atoms with E-state index in [4.69, 9.17) is 5.41 Å². The van der Waals surface area contributed by atoms with Crippen molar-refractivity contribution in [3.63, 3.8) is 0 Å². The van der Waals surface area contributed by atoms with Crippen LogP contribution in [0.25, 0.3) is 5.57 Å². The number of hydrogen-bond donors (Lipinski definition) is 2. The zero-order valence-corrected chi connectivity index (χ0v) is 12.8. The molecule has 1 heterocycles. The summed E-state index contributed by atoms with van der Waals surface area (Å²) in [6, 6.07) is 9.83. The molecule has 0 aliphatic heterocycles. The van der Waals surface area contributed by atoms with Crippen molar-refractivity contribution in [1.82, 2.24) is 10.3 Å². The molecule has 118 valence electrons. The van der Waals surface area contributed by atoms with Gasteiger partial charge in [0.15, 0.2) is 0 Å². The summed E-state index contributed by atoms with van der Waals surface area (Å²) in [6.45, 7) is 2.17. The number of nitrogens with zero attached hydrogens (tertiary/aromatic N) is 1. The topological polar surface area (TPSA) is 65.8 Å². The van der Waals surface area contributed by atoms with E-state index < -0.39 is 5.91 Å². The number of aromatic nitrogens is 1. The number of allylic oxidation sites excluding steroid dienone is 1. The van der Waals surface area contributed by atoms with E-state index in [1.165, 1.54) is 18.2 Å². The minimum Gasteiger partial charge on any atom is -0.350 e. The fourth-order valence-electron chi connectivity index (χ4n) is 2.06. The molecule has 0 saturated heterocycles. The fourth-order valence-corrected chi connectivity index (χ4v) is 2.06. The van der Waals surface area contributed by atoms with E-state index in [0.717, 1.165) is 5.56 Å². The minimum absolute atomic E-state index is 0.155. The van der Waals surface area contributed by atoms with Crippen LogP contribution in [0, 0.1) is 11.2 Å². The SMILES string of the molecule is C/C(=C\C(=N)C(=O)NCCc1cccnc1)c1cccc(F)c1. The number of carbonyl (C=O) groups excluding carboxylic acids is 1. The molecule has 4 nitrogen and oxygen atoms in total. The van der Waals surface area contributed by atoms with Crippen molar-refractivity contribution in [3.8, 4) is 0 Å². The third-order valence-corrected chi connectivity index (χ3v) is 3.31. The Morgan fingerprint density at radius 1 is 1.35 bits per heavy atom. The zero-order chi connectivity index (χ0) is 16.7. The summed E-state index contributed by atoms with van der Waals surface area (Å²) in [5.41, 5.74) is 2.18. The molecule has 0 unspecified atom stereocenters.